The van der Waals surface area contributed by atoms with Crippen molar-refractivity contribution in [1.82, 2.24) is 0 Å². The molecule has 1 aliphatic heterocycles. The van der Waals surface area contributed by atoms with Crippen molar-refractivity contribution in [2.24, 2.45) is 11.3 Å². The van der Waals surface area contributed by atoms with Crippen LogP contribution < -0.4 is 0 Å². The van der Waals surface area contributed by atoms with Crippen LogP contribution in [-0.2, 0) is 19.0 Å². The van der Waals surface area contributed by atoms with Crippen LogP contribution in [0.5, 0.6) is 0 Å². The van der Waals surface area contributed by atoms with Gasteiger partial charge in [0, 0.05) is 23.3 Å². The molecule has 0 radical (unpaired) electrons. The summed E-state index contributed by atoms with van der Waals surface area (Å²) in [6, 6.07) is 0. The monoisotopic (exact) mass is 278 g/mol. The van der Waals surface area contributed by atoms with Crippen molar-refractivity contribution in [2.75, 3.05) is 20.3 Å². The standard InChI is InChI=1S/C16H22O4/c1-15(7-4-8-16(15)19-9-10-20-16)13-6-3-5-12(11-13)14(17)18-2/h3,6,11,13H,4-5,7-10H2,1-2H3/t13?,15-/m1/s1. The van der Waals surface area contributed by atoms with Gasteiger partial charge in [-0.2, -0.15) is 0 Å². The minimum atomic E-state index is -0.475. The van der Waals surface area contributed by atoms with Gasteiger partial charge < -0.3 is 14.2 Å². The largest absolute Gasteiger partial charge is 0.466 e. The summed E-state index contributed by atoms with van der Waals surface area (Å²) in [4.78, 5) is 11.8. The topological polar surface area (TPSA) is 44.8 Å². The Kier molecular flexibility index (Phi) is 3.46. The van der Waals surface area contributed by atoms with E-state index in [2.05, 4.69) is 19.1 Å². The van der Waals surface area contributed by atoms with Crippen molar-refractivity contribution in [2.45, 2.75) is 38.4 Å². The van der Waals surface area contributed by atoms with E-state index >= 15 is 0 Å². The van der Waals surface area contributed by atoms with Crippen molar-refractivity contribution >= 4 is 5.97 Å². The summed E-state index contributed by atoms with van der Waals surface area (Å²) >= 11 is 0. The van der Waals surface area contributed by atoms with E-state index in [1.807, 2.05) is 6.08 Å². The van der Waals surface area contributed by atoms with E-state index in [4.69, 9.17) is 14.2 Å². The number of carbonyl (C=O) groups is 1. The second-order valence-electron chi connectivity index (χ2n) is 6.06. The fraction of sp³-hybridized carbons (Fsp3) is 0.688. The third-order valence-corrected chi connectivity index (χ3v) is 5.07. The van der Waals surface area contributed by atoms with Crippen LogP contribution in [0.1, 0.15) is 32.6 Å². The summed E-state index contributed by atoms with van der Waals surface area (Å²) in [6.07, 6.45) is 10.0. The molecule has 0 aromatic carbocycles. The minimum absolute atomic E-state index is 0.111. The first-order valence-electron chi connectivity index (χ1n) is 7.35. The van der Waals surface area contributed by atoms with E-state index in [1.165, 1.54) is 7.11 Å². The highest BCUT2D eigenvalue weighted by atomic mass is 16.7. The summed E-state index contributed by atoms with van der Waals surface area (Å²) in [5.41, 5.74) is 0.626. The van der Waals surface area contributed by atoms with Crippen molar-refractivity contribution in [3.05, 3.63) is 23.8 Å². The van der Waals surface area contributed by atoms with Crippen LogP contribution in [-0.4, -0.2) is 32.1 Å². The van der Waals surface area contributed by atoms with Gasteiger partial charge in [-0.3, -0.25) is 0 Å². The lowest BCUT2D eigenvalue weighted by molar-refractivity contribution is -0.223. The van der Waals surface area contributed by atoms with Crippen LogP contribution in [0.2, 0.25) is 0 Å². The smallest absolute Gasteiger partial charge is 0.333 e. The van der Waals surface area contributed by atoms with Gasteiger partial charge in [-0.05, 0) is 19.3 Å². The Balaban J connectivity index is 1.90. The number of methoxy groups -OCH3 is 1. The van der Waals surface area contributed by atoms with Gasteiger partial charge in [0.15, 0.2) is 5.79 Å². The first-order valence-corrected chi connectivity index (χ1v) is 7.35. The minimum Gasteiger partial charge on any atom is -0.466 e. The SMILES string of the molecule is COC(=O)C1=CC([C@@]2(C)CCCC23OCCO3)C=CC1. The predicted molar refractivity (Wildman–Crippen MR) is 73.9 cm³/mol. The third-order valence-electron chi connectivity index (χ3n) is 5.07. The summed E-state index contributed by atoms with van der Waals surface area (Å²) in [7, 11) is 1.43. The van der Waals surface area contributed by atoms with Crippen molar-refractivity contribution < 1.29 is 19.0 Å². The molecule has 1 unspecified atom stereocenters. The van der Waals surface area contributed by atoms with Crippen LogP contribution in [0.3, 0.4) is 0 Å². The molecule has 4 heteroatoms. The Morgan fingerprint density at radius 2 is 2.10 bits per heavy atom. The lowest BCUT2D eigenvalue weighted by Crippen LogP contribution is -2.47. The molecule has 0 bridgehead atoms. The average Bonchev–Trinajstić information content (AvgIpc) is 3.08. The Morgan fingerprint density at radius 3 is 2.80 bits per heavy atom. The summed E-state index contributed by atoms with van der Waals surface area (Å²) < 4.78 is 16.8. The van der Waals surface area contributed by atoms with Gasteiger partial charge in [0.25, 0.3) is 0 Å². The molecule has 1 saturated carbocycles. The van der Waals surface area contributed by atoms with Gasteiger partial charge in [-0.1, -0.05) is 25.2 Å². The van der Waals surface area contributed by atoms with E-state index < -0.39 is 5.79 Å². The van der Waals surface area contributed by atoms with Crippen molar-refractivity contribution in [3.8, 4) is 0 Å². The van der Waals surface area contributed by atoms with Gasteiger partial charge >= 0.3 is 5.97 Å². The highest BCUT2D eigenvalue weighted by Gasteiger charge is 2.58. The average molecular weight is 278 g/mol. The molecule has 2 aliphatic carbocycles. The van der Waals surface area contributed by atoms with Crippen molar-refractivity contribution in [3.63, 3.8) is 0 Å². The number of hydrogen-bond donors (Lipinski definition) is 0. The molecule has 0 amide bonds. The first kappa shape index (κ1) is 13.8. The molecule has 0 aromatic heterocycles. The highest BCUT2D eigenvalue weighted by molar-refractivity contribution is 5.89. The molecule has 3 rings (SSSR count). The van der Waals surface area contributed by atoms with Crippen LogP contribution >= 0.6 is 0 Å². The molecule has 2 atom stereocenters. The van der Waals surface area contributed by atoms with Crippen LogP contribution in [0, 0.1) is 11.3 Å². The molecule has 3 aliphatic rings. The Bertz CT molecular complexity index is 454. The number of rotatable bonds is 2. The second-order valence-corrected chi connectivity index (χ2v) is 6.06. The van der Waals surface area contributed by atoms with Gasteiger partial charge in [0.1, 0.15) is 0 Å². The fourth-order valence-corrected chi connectivity index (χ4v) is 3.87. The Hall–Kier alpha value is -1.13. The van der Waals surface area contributed by atoms with E-state index in [0.29, 0.717) is 19.6 Å². The normalized spacial score (nSPS) is 35.3. The van der Waals surface area contributed by atoms with E-state index in [1.54, 1.807) is 0 Å². The number of carbonyl (C=O) groups excluding carboxylic acids is 1. The predicted octanol–water partition coefficient (Wildman–Crippen LogP) is 2.60. The van der Waals surface area contributed by atoms with Gasteiger partial charge in [0.05, 0.1) is 20.3 Å². The maximum absolute atomic E-state index is 11.8. The number of esters is 1. The number of allylic oxidation sites excluding steroid dienone is 3. The van der Waals surface area contributed by atoms with E-state index in [-0.39, 0.29) is 17.3 Å². The van der Waals surface area contributed by atoms with Crippen LogP contribution in [0.25, 0.3) is 0 Å². The van der Waals surface area contributed by atoms with E-state index in [9.17, 15) is 4.79 Å². The lowest BCUT2D eigenvalue weighted by Gasteiger charge is -2.43. The van der Waals surface area contributed by atoms with Crippen molar-refractivity contribution in [1.29, 1.82) is 0 Å². The molecule has 4 nitrogen and oxygen atoms in total. The number of hydrogen-bond acceptors (Lipinski definition) is 4. The third kappa shape index (κ3) is 1.93. The molecular formula is C16H22O4. The zero-order valence-corrected chi connectivity index (χ0v) is 12.2. The Labute approximate surface area is 119 Å². The Morgan fingerprint density at radius 1 is 1.35 bits per heavy atom. The zero-order chi connectivity index (χ0) is 14.2. The first-order chi connectivity index (χ1) is 9.61. The maximum atomic E-state index is 11.8. The zero-order valence-electron chi connectivity index (χ0n) is 12.2. The van der Waals surface area contributed by atoms with Gasteiger partial charge in [-0.15, -0.1) is 0 Å². The van der Waals surface area contributed by atoms with Crippen LogP contribution in [0.4, 0.5) is 0 Å². The molecule has 1 spiro atoms. The van der Waals surface area contributed by atoms with Gasteiger partial charge in [-0.25, -0.2) is 4.79 Å². The molecule has 2 fully saturated rings. The summed E-state index contributed by atoms with van der Waals surface area (Å²) in [6.45, 7) is 3.55. The molecule has 0 aromatic rings. The molecule has 20 heavy (non-hydrogen) atoms. The molecule has 1 heterocycles. The molecular weight excluding hydrogens is 256 g/mol. The summed E-state index contributed by atoms with van der Waals surface area (Å²) in [5, 5.41) is 0. The molecule has 1 saturated heterocycles. The van der Waals surface area contributed by atoms with E-state index in [0.717, 1.165) is 24.8 Å². The molecule has 110 valence electrons. The van der Waals surface area contributed by atoms with Gasteiger partial charge in [0.2, 0.25) is 0 Å². The highest BCUT2D eigenvalue weighted by Crippen LogP contribution is 2.56. The lowest BCUT2D eigenvalue weighted by atomic mass is 9.69. The maximum Gasteiger partial charge on any atom is 0.333 e. The fourth-order valence-electron chi connectivity index (χ4n) is 3.87. The second kappa shape index (κ2) is 5.01. The number of ether oxygens (including phenoxy) is 3. The van der Waals surface area contributed by atoms with Crippen LogP contribution in [0.15, 0.2) is 23.8 Å². The molecule has 0 N–H and O–H groups in total. The summed E-state index contributed by atoms with van der Waals surface area (Å²) in [5.74, 6) is -0.550. The quantitative estimate of drug-likeness (QED) is 0.575.